The molecule has 0 spiro atoms. The summed E-state index contributed by atoms with van der Waals surface area (Å²) in [6, 6.07) is 13.1. The fraction of sp³-hybridized carbons (Fsp3) is 0.125. The summed E-state index contributed by atoms with van der Waals surface area (Å²) < 4.78 is 16.4. The lowest BCUT2D eigenvalue weighted by molar-refractivity contribution is 0.355. The molecular formula is C16H14N2O3. The van der Waals surface area contributed by atoms with E-state index in [1.807, 2.05) is 36.4 Å². The van der Waals surface area contributed by atoms with Gasteiger partial charge in [0.25, 0.3) is 0 Å². The van der Waals surface area contributed by atoms with Crippen LogP contribution in [0.4, 0.5) is 0 Å². The van der Waals surface area contributed by atoms with Crippen molar-refractivity contribution >= 4 is 10.9 Å². The zero-order valence-corrected chi connectivity index (χ0v) is 11.7. The van der Waals surface area contributed by atoms with Crippen LogP contribution in [-0.4, -0.2) is 24.2 Å². The maximum Gasteiger partial charge on any atom is 0.230 e. The Hall–Kier alpha value is -2.82. The van der Waals surface area contributed by atoms with Gasteiger partial charge in [-0.3, -0.25) is 0 Å². The molecule has 0 aliphatic carbocycles. The summed E-state index contributed by atoms with van der Waals surface area (Å²) in [6.45, 7) is 0. The topological polar surface area (TPSA) is 53.5 Å². The standard InChI is InChI=1S/C16H14N2O3/c1-19-14-8-12-13(9-15(14)20-2)17-10-18-16(12)21-11-6-4-3-5-7-11/h3-10H,1-2H3. The molecule has 3 rings (SSSR count). The normalized spacial score (nSPS) is 10.4. The fourth-order valence-electron chi connectivity index (χ4n) is 2.04. The van der Waals surface area contributed by atoms with Crippen molar-refractivity contribution in [3.63, 3.8) is 0 Å². The van der Waals surface area contributed by atoms with Crippen molar-refractivity contribution in [2.45, 2.75) is 0 Å². The monoisotopic (exact) mass is 282 g/mol. The lowest BCUT2D eigenvalue weighted by atomic mass is 10.2. The molecule has 106 valence electrons. The van der Waals surface area contributed by atoms with E-state index in [1.165, 1.54) is 6.33 Å². The van der Waals surface area contributed by atoms with Gasteiger partial charge in [0.1, 0.15) is 12.1 Å². The molecule has 0 aliphatic heterocycles. The van der Waals surface area contributed by atoms with E-state index in [9.17, 15) is 0 Å². The molecular weight excluding hydrogens is 268 g/mol. The molecule has 0 fully saturated rings. The second-order valence-electron chi connectivity index (χ2n) is 4.32. The summed E-state index contributed by atoms with van der Waals surface area (Å²) in [6.07, 6.45) is 1.46. The number of rotatable bonds is 4. The summed E-state index contributed by atoms with van der Waals surface area (Å²) in [5.74, 6) is 2.42. The van der Waals surface area contributed by atoms with Crippen LogP contribution in [0.2, 0.25) is 0 Å². The first kappa shape index (κ1) is 13.2. The molecule has 3 aromatic rings. The molecule has 5 heteroatoms. The Morgan fingerprint density at radius 2 is 1.57 bits per heavy atom. The summed E-state index contributed by atoms with van der Waals surface area (Å²) >= 11 is 0. The largest absolute Gasteiger partial charge is 0.493 e. The van der Waals surface area contributed by atoms with Gasteiger partial charge >= 0.3 is 0 Å². The highest BCUT2D eigenvalue weighted by Gasteiger charge is 2.12. The van der Waals surface area contributed by atoms with Gasteiger partial charge in [0.2, 0.25) is 5.88 Å². The van der Waals surface area contributed by atoms with Crippen molar-refractivity contribution in [3.05, 3.63) is 48.8 Å². The van der Waals surface area contributed by atoms with Crippen LogP contribution in [0, 0.1) is 0 Å². The predicted molar refractivity (Wildman–Crippen MR) is 79.2 cm³/mol. The van der Waals surface area contributed by atoms with Crippen molar-refractivity contribution in [2.75, 3.05) is 14.2 Å². The molecule has 0 unspecified atom stereocenters. The highest BCUT2D eigenvalue weighted by Crippen LogP contribution is 2.35. The number of aromatic nitrogens is 2. The predicted octanol–water partition coefficient (Wildman–Crippen LogP) is 3.44. The molecule has 5 nitrogen and oxygen atoms in total. The Kier molecular flexibility index (Phi) is 3.55. The minimum absolute atomic E-state index is 0.479. The first-order valence-corrected chi connectivity index (χ1v) is 6.41. The maximum atomic E-state index is 5.82. The van der Waals surface area contributed by atoms with Crippen LogP contribution in [0.1, 0.15) is 0 Å². The van der Waals surface area contributed by atoms with Gasteiger partial charge in [-0.1, -0.05) is 18.2 Å². The number of benzene rings is 2. The van der Waals surface area contributed by atoms with Crippen LogP contribution in [0.5, 0.6) is 23.1 Å². The van der Waals surface area contributed by atoms with E-state index in [-0.39, 0.29) is 0 Å². The average Bonchev–Trinajstić information content (AvgIpc) is 2.55. The van der Waals surface area contributed by atoms with Crippen molar-refractivity contribution < 1.29 is 14.2 Å². The van der Waals surface area contributed by atoms with Crippen molar-refractivity contribution in [1.29, 1.82) is 0 Å². The summed E-state index contributed by atoms with van der Waals surface area (Å²) in [4.78, 5) is 8.44. The maximum absolute atomic E-state index is 5.82. The van der Waals surface area contributed by atoms with Crippen molar-refractivity contribution in [3.8, 4) is 23.1 Å². The number of fused-ring (bicyclic) bond motifs is 1. The highest BCUT2D eigenvalue weighted by molar-refractivity contribution is 5.86. The van der Waals surface area contributed by atoms with E-state index >= 15 is 0 Å². The molecule has 0 radical (unpaired) electrons. The van der Waals surface area contributed by atoms with Gasteiger partial charge in [-0.25, -0.2) is 9.97 Å². The molecule has 1 heterocycles. The Balaban J connectivity index is 2.10. The van der Waals surface area contributed by atoms with Crippen molar-refractivity contribution in [1.82, 2.24) is 9.97 Å². The smallest absolute Gasteiger partial charge is 0.230 e. The number of hydrogen-bond acceptors (Lipinski definition) is 5. The van der Waals surface area contributed by atoms with E-state index in [0.717, 1.165) is 10.9 Å². The number of ether oxygens (including phenoxy) is 3. The van der Waals surface area contributed by atoms with Crippen LogP contribution in [-0.2, 0) is 0 Å². The molecule has 1 aromatic heterocycles. The summed E-state index contributed by atoms with van der Waals surface area (Å²) in [5, 5.41) is 0.763. The van der Waals surface area contributed by atoms with Gasteiger partial charge in [0.05, 0.1) is 25.1 Å². The van der Waals surface area contributed by atoms with Gasteiger partial charge < -0.3 is 14.2 Å². The molecule has 0 saturated heterocycles. The quantitative estimate of drug-likeness (QED) is 0.733. The van der Waals surface area contributed by atoms with E-state index < -0.39 is 0 Å². The molecule has 0 bridgehead atoms. The lowest BCUT2D eigenvalue weighted by Crippen LogP contribution is -1.95. The minimum Gasteiger partial charge on any atom is -0.493 e. The van der Waals surface area contributed by atoms with Gasteiger partial charge in [0, 0.05) is 6.07 Å². The lowest BCUT2D eigenvalue weighted by Gasteiger charge is -2.11. The van der Waals surface area contributed by atoms with E-state index in [2.05, 4.69) is 9.97 Å². The van der Waals surface area contributed by atoms with Crippen molar-refractivity contribution in [2.24, 2.45) is 0 Å². The molecule has 0 N–H and O–H groups in total. The fourth-order valence-corrected chi connectivity index (χ4v) is 2.04. The van der Waals surface area contributed by atoms with Gasteiger partial charge in [0.15, 0.2) is 11.5 Å². The Morgan fingerprint density at radius 1 is 0.857 bits per heavy atom. The van der Waals surface area contributed by atoms with E-state index in [1.54, 1.807) is 20.3 Å². The second-order valence-corrected chi connectivity index (χ2v) is 4.32. The Morgan fingerprint density at radius 3 is 2.29 bits per heavy atom. The Bertz CT molecular complexity index is 760. The third kappa shape index (κ3) is 2.58. The zero-order chi connectivity index (χ0) is 14.7. The van der Waals surface area contributed by atoms with Crippen LogP contribution < -0.4 is 14.2 Å². The van der Waals surface area contributed by atoms with Gasteiger partial charge in [-0.05, 0) is 18.2 Å². The number of para-hydroxylation sites is 1. The zero-order valence-electron chi connectivity index (χ0n) is 11.7. The van der Waals surface area contributed by atoms with Crippen LogP contribution >= 0.6 is 0 Å². The highest BCUT2D eigenvalue weighted by atomic mass is 16.5. The van der Waals surface area contributed by atoms with Gasteiger partial charge in [-0.15, -0.1) is 0 Å². The van der Waals surface area contributed by atoms with E-state index in [0.29, 0.717) is 23.1 Å². The summed E-state index contributed by atoms with van der Waals surface area (Å²) in [7, 11) is 3.18. The van der Waals surface area contributed by atoms with Crippen LogP contribution in [0.3, 0.4) is 0 Å². The third-order valence-electron chi connectivity index (χ3n) is 3.06. The first-order valence-electron chi connectivity index (χ1n) is 6.41. The molecule has 21 heavy (non-hydrogen) atoms. The SMILES string of the molecule is COc1cc2ncnc(Oc3ccccc3)c2cc1OC. The van der Waals surface area contributed by atoms with Crippen LogP contribution in [0.25, 0.3) is 10.9 Å². The number of nitrogens with zero attached hydrogens (tertiary/aromatic N) is 2. The van der Waals surface area contributed by atoms with Gasteiger partial charge in [-0.2, -0.15) is 0 Å². The van der Waals surface area contributed by atoms with E-state index in [4.69, 9.17) is 14.2 Å². The number of methoxy groups -OCH3 is 2. The molecule has 0 saturated carbocycles. The number of hydrogen-bond donors (Lipinski definition) is 0. The minimum atomic E-state index is 0.479. The summed E-state index contributed by atoms with van der Waals surface area (Å²) in [5.41, 5.74) is 0.730. The molecule has 2 aromatic carbocycles. The second kappa shape index (κ2) is 5.66. The molecule has 0 aliphatic rings. The first-order chi connectivity index (χ1) is 10.3. The molecule has 0 atom stereocenters. The molecule has 0 amide bonds. The van der Waals surface area contributed by atoms with Crippen LogP contribution in [0.15, 0.2) is 48.8 Å². The Labute approximate surface area is 122 Å². The third-order valence-corrected chi connectivity index (χ3v) is 3.06. The average molecular weight is 282 g/mol.